The first-order valence-electron chi connectivity index (χ1n) is 2.00. The van der Waals surface area contributed by atoms with Gasteiger partial charge in [-0.25, -0.2) is 0 Å². The van der Waals surface area contributed by atoms with Crippen molar-refractivity contribution >= 4 is 5.91 Å². The molecule has 0 aromatic rings. The summed E-state index contributed by atoms with van der Waals surface area (Å²) in [6.45, 7) is 3.37. The molecule has 2 nitrogen and oxygen atoms in total. The third kappa shape index (κ3) is 5.21. The zero-order valence-corrected chi connectivity index (χ0v) is 4.05. The molecule has 0 unspecified atom stereocenters. The van der Waals surface area contributed by atoms with E-state index in [9.17, 15) is 4.79 Å². The van der Waals surface area contributed by atoms with E-state index in [1.54, 1.807) is 12.2 Å². The Bertz CT molecular complexity index is 86.1. The molecule has 0 saturated heterocycles. The third-order valence-electron chi connectivity index (χ3n) is 0.486. The van der Waals surface area contributed by atoms with Gasteiger partial charge in [0.15, 0.2) is 0 Å². The fraction of sp³-hybridized carbons (Fsp3) is 0.200. The smallest absolute Gasteiger partial charge is 0.221 e. The molecule has 0 heterocycles. The SMILES string of the molecule is [CH2]C=CCC(N)=O. The maximum atomic E-state index is 9.90. The quantitative estimate of drug-likeness (QED) is 0.528. The lowest BCUT2D eigenvalue weighted by molar-refractivity contribution is -0.117. The van der Waals surface area contributed by atoms with Crippen LogP contribution in [0, 0.1) is 6.92 Å². The Kier molecular flexibility index (Phi) is 3.02. The Morgan fingerprint density at radius 1 is 1.86 bits per heavy atom. The summed E-state index contributed by atoms with van der Waals surface area (Å²) in [5.74, 6) is -0.320. The summed E-state index contributed by atoms with van der Waals surface area (Å²) in [4.78, 5) is 9.90. The van der Waals surface area contributed by atoms with Gasteiger partial charge in [0.2, 0.25) is 5.91 Å². The van der Waals surface area contributed by atoms with Crippen LogP contribution in [0.1, 0.15) is 6.42 Å². The molecule has 0 aromatic heterocycles. The molecular weight excluding hydrogens is 90.1 g/mol. The summed E-state index contributed by atoms with van der Waals surface area (Å²) in [6, 6.07) is 0. The van der Waals surface area contributed by atoms with Crippen molar-refractivity contribution in [2.45, 2.75) is 6.42 Å². The molecule has 39 valence electrons. The highest BCUT2D eigenvalue weighted by Crippen LogP contribution is 1.76. The molecule has 0 rings (SSSR count). The number of rotatable bonds is 2. The fourth-order valence-corrected chi connectivity index (χ4v) is 0.199. The second-order valence-corrected chi connectivity index (χ2v) is 1.14. The molecule has 0 spiro atoms. The normalized spacial score (nSPS) is 9.86. The molecule has 0 aliphatic rings. The van der Waals surface area contributed by atoms with Crippen LogP contribution in [0.2, 0.25) is 0 Å². The van der Waals surface area contributed by atoms with Crippen molar-refractivity contribution in [1.82, 2.24) is 0 Å². The molecule has 7 heavy (non-hydrogen) atoms. The molecule has 0 fully saturated rings. The van der Waals surface area contributed by atoms with Gasteiger partial charge in [-0.1, -0.05) is 12.2 Å². The number of hydrogen-bond acceptors (Lipinski definition) is 1. The van der Waals surface area contributed by atoms with Crippen LogP contribution in [-0.2, 0) is 4.79 Å². The molecule has 0 aliphatic heterocycles. The number of primary amides is 1. The maximum Gasteiger partial charge on any atom is 0.221 e. The van der Waals surface area contributed by atoms with Gasteiger partial charge in [0.1, 0.15) is 0 Å². The average molecular weight is 98.1 g/mol. The van der Waals surface area contributed by atoms with Gasteiger partial charge in [0.05, 0.1) is 0 Å². The molecule has 1 radical (unpaired) electrons. The van der Waals surface area contributed by atoms with Crippen molar-refractivity contribution < 1.29 is 4.79 Å². The monoisotopic (exact) mass is 98.1 g/mol. The van der Waals surface area contributed by atoms with E-state index in [0.717, 1.165) is 0 Å². The molecule has 0 atom stereocenters. The third-order valence-corrected chi connectivity index (χ3v) is 0.486. The fourth-order valence-electron chi connectivity index (χ4n) is 0.199. The maximum absolute atomic E-state index is 9.90. The molecule has 2 N–H and O–H groups in total. The number of nitrogens with two attached hydrogens (primary N) is 1. The van der Waals surface area contributed by atoms with Gasteiger partial charge in [-0.05, 0) is 6.92 Å². The highest BCUT2D eigenvalue weighted by Gasteiger charge is 1.82. The van der Waals surface area contributed by atoms with Crippen LogP contribution in [0.4, 0.5) is 0 Å². The molecule has 0 bridgehead atoms. The van der Waals surface area contributed by atoms with E-state index in [0.29, 0.717) is 6.42 Å². The van der Waals surface area contributed by atoms with Crippen LogP contribution in [0.25, 0.3) is 0 Å². The molecular formula is C5H8NO. The van der Waals surface area contributed by atoms with Gasteiger partial charge in [-0.3, -0.25) is 4.79 Å². The van der Waals surface area contributed by atoms with Crippen LogP contribution in [0.3, 0.4) is 0 Å². The Morgan fingerprint density at radius 3 is 2.57 bits per heavy atom. The summed E-state index contributed by atoms with van der Waals surface area (Å²) in [5, 5.41) is 0. The van der Waals surface area contributed by atoms with Gasteiger partial charge in [0.25, 0.3) is 0 Å². The number of allylic oxidation sites excluding steroid dienone is 1. The van der Waals surface area contributed by atoms with Crippen LogP contribution < -0.4 is 5.73 Å². The topological polar surface area (TPSA) is 43.1 Å². The lowest BCUT2D eigenvalue weighted by atomic mass is 10.4. The number of carbonyl (C=O) groups is 1. The Labute approximate surface area is 43.0 Å². The van der Waals surface area contributed by atoms with Crippen molar-refractivity contribution in [3.05, 3.63) is 19.1 Å². The molecule has 2 heteroatoms. The molecule has 0 aliphatic carbocycles. The van der Waals surface area contributed by atoms with Gasteiger partial charge >= 0.3 is 0 Å². The number of amides is 1. The predicted molar refractivity (Wildman–Crippen MR) is 28.3 cm³/mol. The summed E-state index contributed by atoms with van der Waals surface area (Å²) in [5.41, 5.74) is 4.76. The van der Waals surface area contributed by atoms with Crippen LogP contribution in [0.15, 0.2) is 12.2 Å². The van der Waals surface area contributed by atoms with Gasteiger partial charge in [-0.2, -0.15) is 0 Å². The van der Waals surface area contributed by atoms with E-state index in [4.69, 9.17) is 5.73 Å². The lowest BCUT2D eigenvalue weighted by Gasteiger charge is -1.78. The Hall–Kier alpha value is -0.790. The molecule has 0 saturated carbocycles. The van der Waals surface area contributed by atoms with E-state index >= 15 is 0 Å². The minimum atomic E-state index is -0.320. The first-order valence-corrected chi connectivity index (χ1v) is 2.00. The van der Waals surface area contributed by atoms with Crippen molar-refractivity contribution in [2.75, 3.05) is 0 Å². The van der Waals surface area contributed by atoms with E-state index in [-0.39, 0.29) is 5.91 Å². The van der Waals surface area contributed by atoms with Crippen LogP contribution in [-0.4, -0.2) is 5.91 Å². The van der Waals surface area contributed by atoms with E-state index in [1.807, 2.05) is 0 Å². The Morgan fingerprint density at radius 2 is 2.43 bits per heavy atom. The summed E-state index contributed by atoms with van der Waals surface area (Å²) in [7, 11) is 0. The van der Waals surface area contributed by atoms with Crippen molar-refractivity contribution in [3.8, 4) is 0 Å². The van der Waals surface area contributed by atoms with Gasteiger partial charge in [-0.15, -0.1) is 0 Å². The second kappa shape index (κ2) is 3.40. The Balaban J connectivity index is 3.14. The second-order valence-electron chi connectivity index (χ2n) is 1.14. The van der Waals surface area contributed by atoms with Crippen molar-refractivity contribution in [3.63, 3.8) is 0 Å². The zero-order valence-electron chi connectivity index (χ0n) is 4.05. The average Bonchev–Trinajstić information content (AvgIpc) is 1.61. The highest BCUT2D eigenvalue weighted by molar-refractivity contribution is 5.75. The summed E-state index contributed by atoms with van der Waals surface area (Å²) < 4.78 is 0. The minimum Gasteiger partial charge on any atom is -0.369 e. The standard InChI is InChI=1S/C5H8NO/c1-2-3-4-5(6)7/h2-3H,1,4H2,(H2,6,7). The van der Waals surface area contributed by atoms with E-state index in [2.05, 4.69) is 6.92 Å². The van der Waals surface area contributed by atoms with Crippen molar-refractivity contribution in [2.24, 2.45) is 5.73 Å². The van der Waals surface area contributed by atoms with Crippen molar-refractivity contribution in [1.29, 1.82) is 0 Å². The van der Waals surface area contributed by atoms with Crippen LogP contribution in [0.5, 0.6) is 0 Å². The predicted octanol–water partition coefficient (Wildman–Crippen LogP) is 0.252. The van der Waals surface area contributed by atoms with Crippen LogP contribution >= 0.6 is 0 Å². The van der Waals surface area contributed by atoms with Gasteiger partial charge < -0.3 is 5.73 Å². The van der Waals surface area contributed by atoms with E-state index < -0.39 is 0 Å². The van der Waals surface area contributed by atoms with Gasteiger partial charge in [0, 0.05) is 6.42 Å². The van der Waals surface area contributed by atoms with E-state index in [1.165, 1.54) is 0 Å². The number of carbonyl (C=O) groups excluding carboxylic acids is 1. The number of hydrogen-bond donors (Lipinski definition) is 1. The minimum absolute atomic E-state index is 0.295. The first kappa shape index (κ1) is 6.21. The summed E-state index contributed by atoms with van der Waals surface area (Å²) in [6.07, 6.45) is 3.45. The molecule has 0 aromatic carbocycles. The zero-order chi connectivity index (χ0) is 5.70. The lowest BCUT2D eigenvalue weighted by Crippen LogP contribution is -2.07. The first-order chi connectivity index (χ1) is 3.27. The molecule has 1 amide bonds. The summed E-state index contributed by atoms with van der Waals surface area (Å²) >= 11 is 0. The largest absolute Gasteiger partial charge is 0.369 e. The highest BCUT2D eigenvalue weighted by atomic mass is 16.1.